The van der Waals surface area contributed by atoms with E-state index in [0.29, 0.717) is 13.2 Å². The molecule has 1 aliphatic rings. The molecule has 1 saturated carbocycles. The molecule has 3 rings (SSSR count). The molecule has 0 aromatic heterocycles. The van der Waals surface area contributed by atoms with Crippen LogP contribution in [0, 0.1) is 0 Å². The first-order valence-corrected chi connectivity index (χ1v) is 9.53. The van der Waals surface area contributed by atoms with Crippen LogP contribution in [-0.2, 0) is 28.1 Å². The molecular formula is C21H24BrNO2. The number of benzene rings is 2. The highest BCUT2D eigenvalue weighted by Crippen LogP contribution is 2.48. The minimum Gasteiger partial charge on any atom is -0.374 e. The van der Waals surface area contributed by atoms with E-state index >= 15 is 0 Å². The summed E-state index contributed by atoms with van der Waals surface area (Å²) in [6.45, 7) is 5.16. The van der Waals surface area contributed by atoms with Gasteiger partial charge in [0.1, 0.15) is 0 Å². The van der Waals surface area contributed by atoms with Gasteiger partial charge in [0.2, 0.25) is 5.91 Å². The van der Waals surface area contributed by atoms with E-state index in [2.05, 4.69) is 33.4 Å². The third kappa shape index (κ3) is 4.31. The lowest BCUT2D eigenvalue weighted by atomic mass is 9.95. The standard InChI is InChI=1S/C21H24BrNO2/c1-15(2)25-14-17-6-4-3-5-16(17)13-23-20(24)21(11-12-21)18-7-9-19(22)10-8-18/h3-10,15H,11-14H2,1-2H3,(H,23,24). The van der Waals surface area contributed by atoms with Gasteiger partial charge in [-0.05, 0) is 55.5 Å². The van der Waals surface area contributed by atoms with Gasteiger partial charge in [-0.25, -0.2) is 0 Å². The van der Waals surface area contributed by atoms with Crippen molar-refractivity contribution in [2.24, 2.45) is 0 Å². The Labute approximate surface area is 157 Å². The van der Waals surface area contributed by atoms with Crippen molar-refractivity contribution in [1.82, 2.24) is 5.32 Å². The van der Waals surface area contributed by atoms with Gasteiger partial charge in [-0.15, -0.1) is 0 Å². The number of amides is 1. The lowest BCUT2D eigenvalue weighted by Gasteiger charge is -2.17. The average Bonchev–Trinajstić information content (AvgIpc) is 3.41. The summed E-state index contributed by atoms with van der Waals surface area (Å²) in [5, 5.41) is 3.14. The lowest BCUT2D eigenvalue weighted by Crippen LogP contribution is -2.34. The summed E-state index contributed by atoms with van der Waals surface area (Å²) in [6, 6.07) is 16.2. The molecule has 132 valence electrons. The SMILES string of the molecule is CC(C)OCc1ccccc1CNC(=O)C1(c2ccc(Br)cc2)CC1. The van der Waals surface area contributed by atoms with Crippen LogP contribution in [0.2, 0.25) is 0 Å². The van der Waals surface area contributed by atoms with Crippen LogP contribution in [-0.4, -0.2) is 12.0 Å². The van der Waals surface area contributed by atoms with Crippen molar-refractivity contribution >= 4 is 21.8 Å². The van der Waals surface area contributed by atoms with Crippen LogP contribution >= 0.6 is 15.9 Å². The Kier molecular flexibility index (Phi) is 5.60. The molecule has 1 fully saturated rings. The fraction of sp³-hybridized carbons (Fsp3) is 0.381. The molecule has 0 aliphatic heterocycles. The van der Waals surface area contributed by atoms with Crippen LogP contribution in [0.3, 0.4) is 0 Å². The minimum absolute atomic E-state index is 0.120. The Hall–Kier alpha value is -1.65. The molecule has 4 heteroatoms. The first kappa shape index (κ1) is 18.2. The molecule has 0 bridgehead atoms. The Morgan fingerprint density at radius 1 is 1.12 bits per heavy atom. The number of carbonyl (C=O) groups is 1. The predicted molar refractivity (Wildman–Crippen MR) is 103 cm³/mol. The van der Waals surface area contributed by atoms with Gasteiger partial charge in [-0.1, -0.05) is 52.3 Å². The van der Waals surface area contributed by atoms with Gasteiger partial charge in [0.15, 0.2) is 0 Å². The maximum Gasteiger partial charge on any atom is 0.230 e. The molecule has 0 radical (unpaired) electrons. The predicted octanol–water partition coefficient (Wildman–Crippen LogP) is 4.72. The lowest BCUT2D eigenvalue weighted by molar-refractivity contribution is -0.123. The molecular weight excluding hydrogens is 378 g/mol. The third-order valence-electron chi connectivity index (χ3n) is 4.71. The van der Waals surface area contributed by atoms with E-state index in [4.69, 9.17) is 4.74 Å². The zero-order valence-electron chi connectivity index (χ0n) is 14.7. The Morgan fingerprint density at radius 3 is 2.36 bits per heavy atom. The second kappa shape index (κ2) is 7.71. The summed E-state index contributed by atoms with van der Waals surface area (Å²) in [5.74, 6) is 0.120. The van der Waals surface area contributed by atoms with Gasteiger partial charge < -0.3 is 10.1 Å². The highest BCUT2D eigenvalue weighted by Gasteiger charge is 2.51. The number of hydrogen-bond donors (Lipinski definition) is 1. The van der Waals surface area contributed by atoms with Crippen LogP contribution in [0.25, 0.3) is 0 Å². The van der Waals surface area contributed by atoms with Gasteiger partial charge in [-0.3, -0.25) is 4.79 Å². The van der Waals surface area contributed by atoms with Crippen LogP contribution in [0.4, 0.5) is 0 Å². The van der Waals surface area contributed by atoms with E-state index < -0.39 is 0 Å². The maximum atomic E-state index is 12.8. The van der Waals surface area contributed by atoms with E-state index in [9.17, 15) is 4.79 Å². The molecule has 1 N–H and O–H groups in total. The van der Waals surface area contributed by atoms with Crippen LogP contribution in [0.5, 0.6) is 0 Å². The Bertz CT molecular complexity index is 736. The Morgan fingerprint density at radius 2 is 1.76 bits per heavy atom. The fourth-order valence-corrected chi connectivity index (χ4v) is 3.28. The van der Waals surface area contributed by atoms with Gasteiger partial charge in [0.05, 0.1) is 18.1 Å². The van der Waals surface area contributed by atoms with Gasteiger partial charge in [0, 0.05) is 11.0 Å². The van der Waals surface area contributed by atoms with Crippen LogP contribution in [0.1, 0.15) is 43.4 Å². The number of ether oxygens (including phenoxy) is 1. The summed E-state index contributed by atoms with van der Waals surface area (Å²) in [7, 11) is 0. The molecule has 0 spiro atoms. The number of carbonyl (C=O) groups excluding carboxylic acids is 1. The zero-order chi connectivity index (χ0) is 17.9. The van der Waals surface area contributed by atoms with E-state index in [0.717, 1.165) is 34.0 Å². The van der Waals surface area contributed by atoms with Crippen molar-refractivity contribution < 1.29 is 9.53 Å². The molecule has 1 amide bonds. The van der Waals surface area contributed by atoms with Crippen molar-refractivity contribution in [2.45, 2.75) is 51.4 Å². The van der Waals surface area contributed by atoms with Gasteiger partial charge in [-0.2, -0.15) is 0 Å². The molecule has 0 saturated heterocycles. The van der Waals surface area contributed by atoms with Crippen molar-refractivity contribution in [3.63, 3.8) is 0 Å². The quantitative estimate of drug-likeness (QED) is 0.728. The number of halogens is 1. The van der Waals surface area contributed by atoms with Crippen LogP contribution in [0.15, 0.2) is 53.0 Å². The average molecular weight is 402 g/mol. The molecule has 3 nitrogen and oxygen atoms in total. The van der Waals surface area contributed by atoms with Crippen LogP contribution < -0.4 is 5.32 Å². The molecule has 1 aliphatic carbocycles. The first-order valence-electron chi connectivity index (χ1n) is 8.74. The van der Waals surface area contributed by atoms with Crippen molar-refractivity contribution in [1.29, 1.82) is 0 Å². The minimum atomic E-state index is -0.343. The monoisotopic (exact) mass is 401 g/mol. The van der Waals surface area contributed by atoms with Gasteiger partial charge >= 0.3 is 0 Å². The zero-order valence-corrected chi connectivity index (χ0v) is 16.3. The van der Waals surface area contributed by atoms with E-state index in [1.807, 2.05) is 50.2 Å². The normalized spacial score (nSPS) is 15.2. The Balaban J connectivity index is 1.66. The van der Waals surface area contributed by atoms with E-state index in [1.54, 1.807) is 0 Å². The fourth-order valence-electron chi connectivity index (χ4n) is 3.01. The third-order valence-corrected chi connectivity index (χ3v) is 5.24. The molecule has 2 aromatic rings. The van der Waals surface area contributed by atoms with Gasteiger partial charge in [0.25, 0.3) is 0 Å². The summed E-state index contributed by atoms with van der Waals surface area (Å²) in [6.07, 6.45) is 2.02. The molecule has 2 aromatic carbocycles. The second-order valence-corrected chi connectivity index (χ2v) is 7.82. The van der Waals surface area contributed by atoms with E-state index in [-0.39, 0.29) is 17.4 Å². The van der Waals surface area contributed by atoms with Crippen molar-refractivity contribution in [3.8, 4) is 0 Å². The topological polar surface area (TPSA) is 38.3 Å². The van der Waals surface area contributed by atoms with E-state index in [1.165, 1.54) is 0 Å². The molecule has 25 heavy (non-hydrogen) atoms. The molecule has 0 atom stereocenters. The first-order chi connectivity index (χ1) is 12.0. The van der Waals surface area contributed by atoms with Crippen molar-refractivity contribution in [2.75, 3.05) is 0 Å². The largest absolute Gasteiger partial charge is 0.374 e. The number of rotatable bonds is 7. The summed E-state index contributed by atoms with van der Waals surface area (Å²) in [5.41, 5.74) is 3.00. The summed E-state index contributed by atoms with van der Waals surface area (Å²) >= 11 is 3.45. The number of hydrogen-bond acceptors (Lipinski definition) is 2. The smallest absolute Gasteiger partial charge is 0.230 e. The maximum absolute atomic E-state index is 12.8. The second-order valence-electron chi connectivity index (χ2n) is 6.90. The molecule has 0 unspecified atom stereocenters. The highest BCUT2D eigenvalue weighted by atomic mass is 79.9. The molecule has 0 heterocycles. The van der Waals surface area contributed by atoms with Crippen molar-refractivity contribution in [3.05, 3.63) is 69.7 Å². The summed E-state index contributed by atoms with van der Waals surface area (Å²) in [4.78, 5) is 12.8. The summed E-state index contributed by atoms with van der Waals surface area (Å²) < 4.78 is 6.75. The highest BCUT2D eigenvalue weighted by molar-refractivity contribution is 9.10. The number of nitrogens with one attached hydrogen (secondary N) is 1.